The van der Waals surface area contributed by atoms with Gasteiger partial charge >= 0.3 is 6.18 Å². The Kier molecular flexibility index (Phi) is 4.46. The van der Waals surface area contributed by atoms with Crippen LogP contribution in [0.15, 0.2) is 29.1 Å². The molecule has 0 unspecified atom stereocenters. The van der Waals surface area contributed by atoms with Crippen molar-refractivity contribution in [1.29, 1.82) is 0 Å². The molecule has 0 radical (unpaired) electrons. The number of benzene rings is 1. The zero-order valence-electron chi connectivity index (χ0n) is 12.4. The van der Waals surface area contributed by atoms with Crippen molar-refractivity contribution in [3.05, 3.63) is 51.4 Å². The van der Waals surface area contributed by atoms with E-state index in [2.05, 4.69) is 5.10 Å². The maximum absolute atomic E-state index is 12.8. The van der Waals surface area contributed by atoms with E-state index >= 15 is 0 Å². The number of aromatic nitrogens is 2. The lowest BCUT2D eigenvalue weighted by Crippen LogP contribution is -2.20. The Balaban J connectivity index is 2.59. The van der Waals surface area contributed by atoms with Crippen molar-refractivity contribution in [2.45, 2.75) is 32.4 Å². The molecule has 1 heterocycles. The molecule has 0 aliphatic rings. The molecule has 0 fully saturated rings. The monoisotopic (exact) mass is 313 g/mol. The smallest absolute Gasteiger partial charge is 0.330 e. The molecule has 22 heavy (non-hydrogen) atoms. The van der Waals surface area contributed by atoms with Gasteiger partial charge < -0.3 is 5.73 Å². The first-order valence-electron chi connectivity index (χ1n) is 6.97. The number of nitrogens with one attached hydrogen (secondary N) is 1. The highest BCUT2D eigenvalue weighted by Crippen LogP contribution is 2.30. The Bertz CT molecular complexity index is 714. The number of aromatic amines is 1. The summed E-state index contributed by atoms with van der Waals surface area (Å²) in [5.41, 5.74) is 5.75. The molecule has 3 N–H and O–H groups in total. The molecule has 2 aromatic rings. The summed E-state index contributed by atoms with van der Waals surface area (Å²) < 4.78 is 39.6. The lowest BCUT2D eigenvalue weighted by Gasteiger charge is -2.09. The van der Waals surface area contributed by atoms with Crippen LogP contribution in [0, 0.1) is 0 Å². The maximum atomic E-state index is 12.8. The molecule has 7 heteroatoms. The van der Waals surface area contributed by atoms with Crippen LogP contribution < -0.4 is 11.3 Å². The highest BCUT2D eigenvalue weighted by atomic mass is 19.4. The van der Waals surface area contributed by atoms with E-state index in [0.29, 0.717) is 24.2 Å². The summed E-state index contributed by atoms with van der Waals surface area (Å²) in [4.78, 5) is 12.4. The number of nitrogens with two attached hydrogens (primary N) is 1. The molecule has 0 aliphatic carbocycles. The van der Waals surface area contributed by atoms with Gasteiger partial charge in [-0.2, -0.15) is 13.2 Å². The van der Waals surface area contributed by atoms with Crippen molar-refractivity contribution >= 4 is 0 Å². The third-order valence-electron chi connectivity index (χ3n) is 3.42. The molecule has 1 aromatic heterocycles. The van der Waals surface area contributed by atoms with Crippen molar-refractivity contribution in [2.24, 2.45) is 5.73 Å². The van der Waals surface area contributed by atoms with E-state index in [1.807, 2.05) is 13.8 Å². The number of H-pyrrole nitrogens is 1. The Morgan fingerprint density at radius 1 is 1.32 bits per heavy atom. The van der Waals surface area contributed by atoms with Crippen molar-refractivity contribution < 1.29 is 13.2 Å². The van der Waals surface area contributed by atoms with Gasteiger partial charge in [-0.25, -0.2) is 4.68 Å². The largest absolute Gasteiger partial charge is 0.416 e. The second-order valence-electron chi connectivity index (χ2n) is 5.39. The second kappa shape index (κ2) is 6.00. The van der Waals surface area contributed by atoms with Gasteiger partial charge in [-0.05, 0) is 37.1 Å². The summed E-state index contributed by atoms with van der Waals surface area (Å²) in [5, 5.41) is 2.91. The lowest BCUT2D eigenvalue weighted by molar-refractivity contribution is -0.137. The molecule has 120 valence electrons. The molecule has 2 rings (SSSR count). The quantitative estimate of drug-likeness (QED) is 0.911. The Morgan fingerprint density at radius 2 is 2.00 bits per heavy atom. The Hall–Kier alpha value is -2.02. The van der Waals surface area contributed by atoms with Gasteiger partial charge in [0, 0.05) is 11.3 Å². The molecule has 0 saturated carbocycles. The van der Waals surface area contributed by atoms with E-state index in [0.717, 1.165) is 16.8 Å². The van der Waals surface area contributed by atoms with Gasteiger partial charge in [0.05, 0.1) is 11.3 Å². The number of hydrogen-bond acceptors (Lipinski definition) is 2. The molecular formula is C15H18F3N3O. The van der Waals surface area contributed by atoms with Gasteiger partial charge in [-0.1, -0.05) is 19.9 Å². The fraction of sp³-hybridized carbons (Fsp3) is 0.400. The first kappa shape index (κ1) is 16.4. The summed E-state index contributed by atoms with van der Waals surface area (Å²) >= 11 is 0. The molecule has 0 aliphatic heterocycles. The third-order valence-corrected chi connectivity index (χ3v) is 3.42. The molecular weight excluding hydrogens is 295 g/mol. The van der Waals surface area contributed by atoms with E-state index in [1.54, 1.807) is 0 Å². The average Bonchev–Trinajstić information content (AvgIpc) is 2.76. The zero-order valence-corrected chi connectivity index (χ0v) is 12.4. The second-order valence-corrected chi connectivity index (χ2v) is 5.39. The van der Waals surface area contributed by atoms with Crippen molar-refractivity contribution in [2.75, 3.05) is 6.54 Å². The number of alkyl halides is 3. The van der Waals surface area contributed by atoms with Crippen molar-refractivity contribution in [3.63, 3.8) is 0 Å². The topological polar surface area (TPSA) is 63.8 Å². The molecule has 0 atom stereocenters. The van der Waals surface area contributed by atoms with E-state index < -0.39 is 11.7 Å². The predicted octanol–water partition coefficient (Wildman–Crippen LogP) is 2.81. The highest BCUT2D eigenvalue weighted by Gasteiger charge is 2.30. The van der Waals surface area contributed by atoms with Crippen LogP contribution in [0.4, 0.5) is 13.2 Å². The minimum atomic E-state index is -4.45. The van der Waals surface area contributed by atoms with Crippen LogP contribution in [0.1, 0.15) is 36.6 Å². The molecule has 0 spiro atoms. The van der Waals surface area contributed by atoms with E-state index in [1.165, 1.54) is 12.1 Å². The van der Waals surface area contributed by atoms with Gasteiger partial charge in [0.2, 0.25) is 0 Å². The van der Waals surface area contributed by atoms with Gasteiger partial charge in [-0.3, -0.25) is 9.89 Å². The first-order chi connectivity index (χ1) is 10.3. The Labute approximate surface area is 125 Å². The maximum Gasteiger partial charge on any atom is 0.416 e. The number of rotatable bonds is 4. The summed E-state index contributed by atoms with van der Waals surface area (Å²) in [7, 11) is 0. The molecule has 4 nitrogen and oxygen atoms in total. The number of halogens is 3. The zero-order chi connectivity index (χ0) is 16.5. The normalized spacial score (nSPS) is 12.1. The van der Waals surface area contributed by atoms with Crippen LogP contribution in [0.25, 0.3) is 5.69 Å². The van der Waals surface area contributed by atoms with Crippen LogP contribution >= 0.6 is 0 Å². The molecule has 1 aromatic carbocycles. The number of nitrogens with zero attached hydrogens (tertiary/aromatic N) is 1. The summed E-state index contributed by atoms with van der Waals surface area (Å²) in [6, 6.07) is 4.67. The van der Waals surface area contributed by atoms with Crippen molar-refractivity contribution in [1.82, 2.24) is 9.78 Å². The van der Waals surface area contributed by atoms with Gasteiger partial charge in [0.1, 0.15) is 0 Å². The van der Waals surface area contributed by atoms with Crippen LogP contribution in [-0.2, 0) is 12.6 Å². The van der Waals surface area contributed by atoms with Gasteiger partial charge in [-0.15, -0.1) is 0 Å². The van der Waals surface area contributed by atoms with Crippen LogP contribution in [0.2, 0.25) is 0 Å². The minimum absolute atomic E-state index is 0.0429. The lowest BCUT2D eigenvalue weighted by atomic mass is 10.0. The van der Waals surface area contributed by atoms with Crippen molar-refractivity contribution in [3.8, 4) is 5.69 Å². The first-order valence-corrected chi connectivity index (χ1v) is 6.97. The summed E-state index contributed by atoms with van der Waals surface area (Å²) in [5.74, 6) is 0.0429. The summed E-state index contributed by atoms with van der Waals surface area (Å²) in [6.07, 6.45) is -4.07. The fourth-order valence-electron chi connectivity index (χ4n) is 2.36. The standard InChI is InChI=1S/C15H18F3N3O/c1-9(2)13-12(6-7-19)14(22)21(20-13)11-5-3-4-10(8-11)15(16,17)18/h3-5,8-9,20H,6-7,19H2,1-2H3. The summed E-state index contributed by atoms with van der Waals surface area (Å²) in [6.45, 7) is 4.11. The third kappa shape index (κ3) is 3.09. The van der Waals surface area contributed by atoms with E-state index in [4.69, 9.17) is 5.73 Å². The highest BCUT2D eigenvalue weighted by molar-refractivity contribution is 5.38. The SMILES string of the molecule is CC(C)c1[nH]n(-c2cccc(C(F)(F)F)c2)c(=O)c1CCN. The van der Waals surface area contributed by atoms with Gasteiger partial charge in [0.25, 0.3) is 5.56 Å². The van der Waals surface area contributed by atoms with E-state index in [-0.39, 0.29) is 17.2 Å². The van der Waals surface area contributed by atoms with E-state index in [9.17, 15) is 18.0 Å². The van der Waals surface area contributed by atoms with Crippen LogP contribution in [0.3, 0.4) is 0 Å². The molecule has 0 amide bonds. The number of hydrogen-bond donors (Lipinski definition) is 2. The average molecular weight is 313 g/mol. The van der Waals surface area contributed by atoms with Crippen LogP contribution in [0.5, 0.6) is 0 Å². The predicted molar refractivity (Wildman–Crippen MR) is 78.2 cm³/mol. The van der Waals surface area contributed by atoms with Gasteiger partial charge in [0.15, 0.2) is 0 Å². The Morgan fingerprint density at radius 3 is 2.55 bits per heavy atom. The molecule has 0 bridgehead atoms. The fourth-order valence-corrected chi connectivity index (χ4v) is 2.36. The molecule has 0 saturated heterocycles. The minimum Gasteiger partial charge on any atom is -0.330 e. The van der Waals surface area contributed by atoms with Crippen LogP contribution in [-0.4, -0.2) is 16.3 Å².